The van der Waals surface area contributed by atoms with Gasteiger partial charge in [-0.1, -0.05) is 12.8 Å². The van der Waals surface area contributed by atoms with Crippen LogP contribution in [0.25, 0.3) is 0 Å². The fourth-order valence-electron chi connectivity index (χ4n) is 4.45. The van der Waals surface area contributed by atoms with Crippen molar-refractivity contribution >= 4 is 6.29 Å². The van der Waals surface area contributed by atoms with Crippen LogP contribution in [0.1, 0.15) is 60.6 Å². The van der Waals surface area contributed by atoms with E-state index in [1.807, 2.05) is 6.20 Å². The molecule has 4 rings (SSSR count). The van der Waals surface area contributed by atoms with Crippen molar-refractivity contribution in [3.05, 3.63) is 35.8 Å². The largest absolute Gasteiger partial charge is 0.486 e. The molecule has 4 atom stereocenters. The van der Waals surface area contributed by atoms with E-state index in [2.05, 4.69) is 27.8 Å². The SMILES string of the molecule is COc1cc(C=O)c(OC2C3CCCCC3c3ccnn3C2C)cn1. The van der Waals surface area contributed by atoms with Gasteiger partial charge in [-0.3, -0.25) is 9.48 Å². The topological polar surface area (TPSA) is 66.2 Å². The van der Waals surface area contributed by atoms with Crippen LogP contribution in [0.4, 0.5) is 0 Å². The highest BCUT2D eigenvalue weighted by Crippen LogP contribution is 2.47. The molecule has 1 saturated carbocycles. The summed E-state index contributed by atoms with van der Waals surface area (Å²) < 4.78 is 13.6. The van der Waals surface area contributed by atoms with Gasteiger partial charge in [0.1, 0.15) is 11.9 Å². The van der Waals surface area contributed by atoms with Crippen LogP contribution in [0, 0.1) is 5.92 Å². The molecule has 0 spiro atoms. The van der Waals surface area contributed by atoms with Crippen LogP contribution in [-0.4, -0.2) is 34.3 Å². The number of carbonyl (C=O) groups is 1. The molecule has 0 amide bonds. The molecule has 0 radical (unpaired) electrons. The Bertz CT molecular complexity index is 773. The molecule has 1 aliphatic carbocycles. The van der Waals surface area contributed by atoms with Gasteiger partial charge in [-0.2, -0.15) is 5.10 Å². The Labute approximate surface area is 147 Å². The first-order valence-electron chi connectivity index (χ1n) is 8.92. The number of ether oxygens (including phenoxy) is 2. The fraction of sp³-hybridized carbons (Fsp3) is 0.526. The van der Waals surface area contributed by atoms with Crippen molar-refractivity contribution in [1.29, 1.82) is 0 Å². The predicted octanol–water partition coefficient (Wildman–Crippen LogP) is 3.40. The van der Waals surface area contributed by atoms with E-state index in [1.165, 1.54) is 32.1 Å². The summed E-state index contributed by atoms with van der Waals surface area (Å²) in [7, 11) is 1.53. The summed E-state index contributed by atoms with van der Waals surface area (Å²) >= 11 is 0. The maximum atomic E-state index is 11.5. The molecule has 6 heteroatoms. The Morgan fingerprint density at radius 1 is 1.32 bits per heavy atom. The Balaban J connectivity index is 1.69. The molecule has 0 aromatic carbocycles. The van der Waals surface area contributed by atoms with Gasteiger partial charge < -0.3 is 9.47 Å². The van der Waals surface area contributed by atoms with Crippen LogP contribution in [0.2, 0.25) is 0 Å². The summed E-state index contributed by atoms with van der Waals surface area (Å²) in [5.74, 6) is 1.85. The standard InChI is InChI=1S/C19H23N3O3/c1-12-19(25-17-10-20-18(24-2)9-13(17)11-23)15-6-4-3-5-14(15)16-7-8-21-22(12)16/h7-12,14-15,19H,3-6H2,1-2H3. The minimum absolute atomic E-state index is 0.0217. The van der Waals surface area contributed by atoms with E-state index >= 15 is 0 Å². The van der Waals surface area contributed by atoms with Gasteiger partial charge in [-0.15, -0.1) is 0 Å². The lowest BCUT2D eigenvalue weighted by Crippen LogP contribution is -2.45. The lowest BCUT2D eigenvalue weighted by Gasteiger charge is -2.44. The highest BCUT2D eigenvalue weighted by atomic mass is 16.5. The van der Waals surface area contributed by atoms with Crippen molar-refractivity contribution in [2.45, 2.75) is 50.7 Å². The van der Waals surface area contributed by atoms with Crippen molar-refractivity contribution in [1.82, 2.24) is 14.8 Å². The van der Waals surface area contributed by atoms with Crippen LogP contribution in [0.5, 0.6) is 11.6 Å². The Kier molecular flexibility index (Phi) is 4.19. The van der Waals surface area contributed by atoms with E-state index in [1.54, 1.807) is 12.3 Å². The van der Waals surface area contributed by atoms with Gasteiger partial charge in [0.25, 0.3) is 0 Å². The monoisotopic (exact) mass is 341 g/mol. The maximum Gasteiger partial charge on any atom is 0.213 e. The van der Waals surface area contributed by atoms with Gasteiger partial charge in [0.05, 0.1) is 24.9 Å². The first kappa shape index (κ1) is 16.1. The third-order valence-electron chi connectivity index (χ3n) is 5.66. The predicted molar refractivity (Wildman–Crippen MR) is 92.2 cm³/mol. The molecule has 0 bridgehead atoms. The van der Waals surface area contributed by atoms with Crippen molar-refractivity contribution in [2.24, 2.45) is 5.92 Å². The number of hydrogen-bond donors (Lipinski definition) is 0. The summed E-state index contributed by atoms with van der Waals surface area (Å²) in [4.78, 5) is 15.7. The van der Waals surface area contributed by atoms with E-state index in [0.29, 0.717) is 29.0 Å². The number of carbonyl (C=O) groups excluding carboxylic acids is 1. The normalized spacial score (nSPS) is 27.9. The molecule has 2 aromatic heterocycles. The molecule has 2 aliphatic rings. The number of fused-ring (bicyclic) bond motifs is 3. The highest BCUT2D eigenvalue weighted by molar-refractivity contribution is 5.79. The molecular weight excluding hydrogens is 318 g/mol. The Morgan fingerprint density at radius 2 is 2.16 bits per heavy atom. The minimum atomic E-state index is -0.0217. The van der Waals surface area contributed by atoms with Crippen LogP contribution < -0.4 is 9.47 Å². The maximum absolute atomic E-state index is 11.5. The number of rotatable bonds is 4. The second kappa shape index (κ2) is 6.50. The molecular formula is C19H23N3O3. The average Bonchev–Trinajstić information content (AvgIpc) is 3.15. The second-order valence-electron chi connectivity index (χ2n) is 6.96. The molecule has 0 N–H and O–H groups in total. The van der Waals surface area contributed by atoms with E-state index in [9.17, 15) is 4.79 Å². The quantitative estimate of drug-likeness (QED) is 0.798. The lowest BCUT2D eigenvalue weighted by molar-refractivity contribution is 0.0253. The first-order valence-corrected chi connectivity index (χ1v) is 8.92. The zero-order valence-electron chi connectivity index (χ0n) is 14.6. The van der Waals surface area contributed by atoms with Gasteiger partial charge in [0.2, 0.25) is 5.88 Å². The average molecular weight is 341 g/mol. The van der Waals surface area contributed by atoms with Crippen LogP contribution >= 0.6 is 0 Å². The molecule has 0 saturated heterocycles. The minimum Gasteiger partial charge on any atom is -0.486 e. The summed E-state index contributed by atoms with van der Waals surface area (Å²) in [6.45, 7) is 2.14. The molecule has 1 fully saturated rings. The van der Waals surface area contributed by atoms with E-state index in [-0.39, 0.29) is 12.1 Å². The Morgan fingerprint density at radius 3 is 2.96 bits per heavy atom. The van der Waals surface area contributed by atoms with Crippen molar-refractivity contribution in [2.75, 3.05) is 7.11 Å². The number of aldehydes is 1. The smallest absolute Gasteiger partial charge is 0.213 e. The van der Waals surface area contributed by atoms with Crippen LogP contribution in [-0.2, 0) is 0 Å². The zero-order valence-corrected chi connectivity index (χ0v) is 14.6. The third kappa shape index (κ3) is 2.69. The molecule has 2 aromatic rings. The van der Waals surface area contributed by atoms with Crippen LogP contribution in [0.3, 0.4) is 0 Å². The van der Waals surface area contributed by atoms with Crippen LogP contribution in [0.15, 0.2) is 24.5 Å². The second-order valence-corrected chi connectivity index (χ2v) is 6.96. The van der Waals surface area contributed by atoms with Gasteiger partial charge in [0, 0.05) is 29.8 Å². The van der Waals surface area contributed by atoms with Crippen molar-refractivity contribution in [3.63, 3.8) is 0 Å². The van der Waals surface area contributed by atoms with E-state index in [4.69, 9.17) is 9.47 Å². The van der Waals surface area contributed by atoms with Crippen molar-refractivity contribution in [3.8, 4) is 11.6 Å². The third-order valence-corrected chi connectivity index (χ3v) is 5.66. The van der Waals surface area contributed by atoms with Crippen molar-refractivity contribution < 1.29 is 14.3 Å². The molecule has 1 aliphatic heterocycles. The number of aromatic nitrogens is 3. The molecule has 3 heterocycles. The van der Waals surface area contributed by atoms with Gasteiger partial charge in [-0.05, 0) is 25.8 Å². The number of hydrogen-bond acceptors (Lipinski definition) is 5. The van der Waals surface area contributed by atoms with Gasteiger partial charge in [0.15, 0.2) is 6.29 Å². The van der Waals surface area contributed by atoms with E-state index < -0.39 is 0 Å². The highest BCUT2D eigenvalue weighted by Gasteiger charge is 2.44. The summed E-state index contributed by atoms with van der Waals surface area (Å²) in [6.07, 6.45) is 9.03. The zero-order chi connectivity index (χ0) is 17.4. The first-order chi connectivity index (χ1) is 12.2. The number of methoxy groups -OCH3 is 1. The summed E-state index contributed by atoms with van der Waals surface area (Å²) in [6, 6.07) is 3.88. The fourth-order valence-corrected chi connectivity index (χ4v) is 4.45. The molecule has 132 valence electrons. The van der Waals surface area contributed by atoms with E-state index in [0.717, 1.165) is 12.7 Å². The van der Waals surface area contributed by atoms with Gasteiger partial charge in [-0.25, -0.2) is 4.98 Å². The number of pyridine rings is 1. The molecule has 6 nitrogen and oxygen atoms in total. The van der Waals surface area contributed by atoms with Gasteiger partial charge >= 0.3 is 0 Å². The number of nitrogens with zero attached hydrogens (tertiary/aromatic N) is 3. The lowest BCUT2D eigenvalue weighted by atomic mass is 9.71. The Hall–Kier alpha value is -2.37. The molecule has 4 unspecified atom stereocenters. The summed E-state index contributed by atoms with van der Waals surface area (Å²) in [5.41, 5.74) is 1.79. The summed E-state index contributed by atoms with van der Waals surface area (Å²) in [5, 5.41) is 4.52. The molecule has 25 heavy (non-hydrogen) atoms.